The van der Waals surface area contributed by atoms with E-state index in [2.05, 4.69) is 11.9 Å². The molecule has 2 aromatic rings. The average Bonchev–Trinajstić information content (AvgIpc) is 2.54. The summed E-state index contributed by atoms with van der Waals surface area (Å²) < 4.78 is 5.39. The molecule has 1 heterocycles. The molecule has 0 aliphatic carbocycles. The molecule has 116 valence electrons. The largest absolute Gasteiger partial charge is 0.496 e. The molecule has 0 radical (unpaired) electrons. The fourth-order valence-electron chi connectivity index (χ4n) is 2.38. The molecule has 0 fully saturated rings. The molecular formula is C17H20N2O3. The number of ether oxygens (including phenoxy) is 1. The van der Waals surface area contributed by atoms with Crippen LogP contribution in [0.15, 0.2) is 42.6 Å². The van der Waals surface area contributed by atoms with Crippen molar-refractivity contribution in [3.05, 3.63) is 59.4 Å². The highest BCUT2D eigenvalue weighted by atomic mass is 16.5. The normalized spacial score (nSPS) is 12.2. The molecule has 5 heteroatoms. The van der Waals surface area contributed by atoms with Crippen LogP contribution in [0.5, 0.6) is 5.75 Å². The second kappa shape index (κ2) is 7.04. The van der Waals surface area contributed by atoms with Gasteiger partial charge in [-0.3, -0.25) is 9.88 Å². The van der Waals surface area contributed by atoms with Crippen molar-refractivity contribution < 1.29 is 14.6 Å². The van der Waals surface area contributed by atoms with Crippen LogP contribution in [-0.2, 0) is 6.54 Å². The van der Waals surface area contributed by atoms with Gasteiger partial charge in [0.1, 0.15) is 5.75 Å². The van der Waals surface area contributed by atoms with Gasteiger partial charge in [-0.25, -0.2) is 4.79 Å². The van der Waals surface area contributed by atoms with Crippen LogP contribution in [0, 0.1) is 0 Å². The lowest BCUT2D eigenvalue weighted by atomic mass is 10.1. The molecule has 1 aromatic heterocycles. The summed E-state index contributed by atoms with van der Waals surface area (Å²) in [6.07, 6.45) is 1.61. The van der Waals surface area contributed by atoms with Gasteiger partial charge in [-0.2, -0.15) is 0 Å². The second-order valence-electron chi connectivity index (χ2n) is 5.14. The minimum absolute atomic E-state index is 0.0693. The molecule has 0 saturated heterocycles. The van der Waals surface area contributed by atoms with Crippen molar-refractivity contribution in [1.29, 1.82) is 0 Å². The molecule has 0 amide bonds. The molecule has 5 nitrogen and oxygen atoms in total. The molecule has 0 aliphatic heterocycles. The third-order valence-electron chi connectivity index (χ3n) is 3.77. The van der Waals surface area contributed by atoms with Gasteiger partial charge < -0.3 is 9.84 Å². The molecule has 22 heavy (non-hydrogen) atoms. The topological polar surface area (TPSA) is 62.7 Å². The Bertz CT molecular complexity index is 658. The van der Waals surface area contributed by atoms with Gasteiger partial charge in [-0.1, -0.05) is 18.2 Å². The van der Waals surface area contributed by atoms with Crippen molar-refractivity contribution in [3.8, 4) is 5.75 Å². The van der Waals surface area contributed by atoms with Gasteiger partial charge in [0.2, 0.25) is 0 Å². The van der Waals surface area contributed by atoms with E-state index in [0.29, 0.717) is 12.2 Å². The Hall–Kier alpha value is -2.40. The lowest BCUT2D eigenvalue weighted by Gasteiger charge is -2.26. The zero-order valence-electron chi connectivity index (χ0n) is 13.0. The van der Waals surface area contributed by atoms with Crippen LogP contribution < -0.4 is 4.74 Å². The number of aromatic carboxylic acids is 1. The van der Waals surface area contributed by atoms with Gasteiger partial charge in [0.25, 0.3) is 0 Å². The maximum atomic E-state index is 11.3. The van der Waals surface area contributed by atoms with Gasteiger partial charge in [0, 0.05) is 24.3 Å². The zero-order chi connectivity index (χ0) is 16.1. The van der Waals surface area contributed by atoms with Crippen LogP contribution >= 0.6 is 0 Å². The Kier molecular flexibility index (Phi) is 5.12. The number of rotatable bonds is 6. The lowest BCUT2D eigenvalue weighted by molar-refractivity contribution is 0.0693. The van der Waals surface area contributed by atoms with E-state index < -0.39 is 5.97 Å². The van der Waals surface area contributed by atoms with Crippen LogP contribution in [0.25, 0.3) is 0 Å². The minimum Gasteiger partial charge on any atom is -0.496 e. The summed E-state index contributed by atoms with van der Waals surface area (Å²) in [7, 11) is 3.59. The zero-order valence-corrected chi connectivity index (χ0v) is 13.0. The lowest BCUT2D eigenvalue weighted by Crippen LogP contribution is -2.24. The van der Waals surface area contributed by atoms with E-state index >= 15 is 0 Å². The summed E-state index contributed by atoms with van der Waals surface area (Å²) in [4.78, 5) is 17.5. The Labute approximate surface area is 130 Å². The third kappa shape index (κ3) is 3.43. The number of nitrogens with zero attached hydrogens (tertiary/aromatic N) is 2. The van der Waals surface area contributed by atoms with Crippen molar-refractivity contribution in [1.82, 2.24) is 9.88 Å². The van der Waals surface area contributed by atoms with Crippen molar-refractivity contribution in [2.45, 2.75) is 19.5 Å². The number of aromatic nitrogens is 1. The van der Waals surface area contributed by atoms with Crippen LogP contribution in [0.3, 0.4) is 0 Å². The number of carbonyl (C=O) groups is 1. The molecule has 0 saturated carbocycles. The van der Waals surface area contributed by atoms with Crippen LogP contribution in [-0.4, -0.2) is 35.1 Å². The summed E-state index contributed by atoms with van der Waals surface area (Å²) in [5, 5.41) is 9.24. The summed E-state index contributed by atoms with van der Waals surface area (Å²) >= 11 is 0. The summed E-state index contributed by atoms with van der Waals surface area (Å²) in [5.41, 5.74) is 1.85. The third-order valence-corrected chi connectivity index (χ3v) is 3.77. The monoisotopic (exact) mass is 300 g/mol. The first kappa shape index (κ1) is 16.0. The maximum Gasteiger partial charge on any atom is 0.337 e. The van der Waals surface area contributed by atoms with Crippen molar-refractivity contribution in [3.63, 3.8) is 0 Å². The number of carboxylic acid groups (broad SMARTS) is 1. The quantitative estimate of drug-likeness (QED) is 0.888. The summed E-state index contributed by atoms with van der Waals surface area (Å²) in [5.74, 6) is -0.136. The van der Waals surface area contributed by atoms with E-state index in [0.717, 1.165) is 11.3 Å². The molecule has 0 bridgehead atoms. The fraction of sp³-hybridized carbons (Fsp3) is 0.294. The predicted octanol–water partition coefficient (Wildman–Crippen LogP) is 2.98. The van der Waals surface area contributed by atoms with E-state index in [4.69, 9.17) is 4.74 Å². The number of hydrogen-bond acceptors (Lipinski definition) is 4. The summed E-state index contributed by atoms with van der Waals surface area (Å²) in [6.45, 7) is 2.50. The van der Waals surface area contributed by atoms with E-state index in [1.54, 1.807) is 25.4 Å². The molecule has 1 atom stereocenters. The molecule has 1 unspecified atom stereocenters. The first-order valence-corrected chi connectivity index (χ1v) is 7.05. The summed E-state index contributed by atoms with van der Waals surface area (Å²) in [6, 6.07) is 11.1. The number of hydrogen-bond donors (Lipinski definition) is 1. The molecule has 1 aromatic carbocycles. The molecular weight excluding hydrogens is 280 g/mol. The Morgan fingerprint density at radius 3 is 2.73 bits per heavy atom. The Balaban J connectivity index is 2.22. The van der Waals surface area contributed by atoms with Gasteiger partial charge in [-0.15, -0.1) is 0 Å². The minimum atomic E-state index is -0.957. The van der Waals surface area contributed by atoms with Crippen molar-refractivity contribution in [2.75, 3.05) is 14.2 Å². The first-order chi connectivity index (χ1) is 10.5. The fourth-order valence-corrected chi connectivity index (χ4v) is 2.38. The highest BCUT2D eigenvalue weighted by molar-refractivity contribution is 5.88. The van der Waals surface area contributed by atoms with Crippen LogP contribution in [0.1, 0.15) is 34.6 Å². The van der Waals surface area contributed by atoms with E-state index in [1.165, 1.54) is 0 Å². The van der Waals surface area contributed by atoms with E-state index in [1.807, 2.05) is 36.2 Å². The molecule has 1 N–H and O–H groups in total. The first-order valence-electron chi connectivity index (χ1n) is 7.05. The van der Waals surface area contributed by atoms with Crippen molar-refractivity contribution in [2.24, 2.45) is 0 Å². The molecule has 2 rings (SSSR count). The number of carboxylic acids is 1. The van der Waals surface area contributed by atoms with Crippen LogP contribution in [0.2, 0.25) is 0 Å². The smallest absolute Gasteiger partial charge is 0.337 e. The predicted molar refractivity (Wildman–Crippen MR) is 84.1 cm³/mol. The van der Waals surface area contributed by atoms with Crippen LogP contribution in [0.4, 0.5) is 0 Å². The van der Waals surface area contributed by atoms with Gasteiger partial charge >= 0.3 is 5.97 Å². The molecule has 0 spiro atoms. The van der Waals surface area contributed by atoms with E-state index in [9.17, 15) is 9.90 Å². The number of para-hydroxylation sites is 1. The number of pyridine rings is 1. The second-order valence-corrected chi connectivity index (χ2v) is 5.14. The van der Waals surface area contributed by atoms with Gasteiger partial charge in [-0.05, 0) is 32.2 Å². The highest BCUT2D eigenvalue weighted by Crippen LogP contribution is 2.29. The number of methoxy groups -OCH3 is 1. The maximum absolute atomic E-state index is 11.3. The van der Waals surface area contributed by atoms with E-state index in [-0.39, 0.29) is 11.6 Å². The molecule has 0 aliphatic rings. The van der Waals surface area contributed by atoms with Gasteiger partial charge in [0.05, 0.1) is 18.4 Å². The number of benzene rings is 1. The average molecular weight is 300 g/mol. The van der Waals surface area contributed by atoms with Crippen molar-refractivity contribution >= 4 is 5.97 Å². The SMILES string of the molecule is COc1ccccc1C(C)N(C)Cc1ncccc1C(=O)O. The Morgan fingerprint density at radius 1 is 1.32 bits per heavy atom. The standard InChI is InChI=1S/C17H20N2O3/c1-12(13-7-4-5-9-16(13)22-3)19(2)11-15-14(17(20)21)8-6-10-18-15/h4-10,12H,11H2,1-3H3,(H,20,21). The van der Waals surface area contributed by atoms with Gasteiger partial charge in [0.15, 0.2) is 0 Å². The highest BCUT2D eigenvalue weighted by Gasteiger charge is 2.19. The Morgan fingerprint density at radius 2 is 2.05 bits per heavy atom.